The molecule has 1 aliphatic heterocycles. The van der Waals surface area contributed by atoms with Gasteiger partial charge in [-0.3, -0.25) is 9.52 Å². The van der Waals surface area contributed by atoms with Gasteiger partial charge in [-0.1, -0.05) is 12.1 Å². The number of hydrogen-bond acceptors (Lipinski definition) is 2. The lowest BCUT2D eigenvalue weighted by atomic mass is 10.1. The number of carbonyl (C=O) groups is 1. The molecular formula is C10H10FNO2S. The smallest absolute Gasteiger partial charge is 0.233 e. The minimum absolute atomic E-state index is 0.0899. The van der Waals surface area contributed by atoms with Crippen molar-refractivity contribution in [2.45, 2.75) is 18.6 Å². The Labute approximate surface area is 89.3 Å². The molecule has 0 spiro atoms. The minimum atomic E-state index is -1.50. The third-order valence-corrected chi connectivity index (χ3v) is 3.71. The van der Waals surface area contributed by atoms with Crippen LogP contribution in [0.25, 0.3) is 0 Å². The van der Waals surface area contributed by atoms with Crippen molar-refractivity contribution >= 4 is 16.9 Å². The Morgan fingerprint density at radius 3 is 2.80 bits per heavy atom. The van der Waals surface area contributed by atoms with Crippen LogP contribution in [0.4, 0.5) is 4.39 Å². The first kappa shape index (κ1) is 10.3. The van der Waals surface area contributed by atoms with E-state index in [0.717, 1.165) is 5.56 Å². The molecule has 0 bridgehead atoms. The average Bonchev–Trinajstić information content (AvgIpc) is 2.45. The Hall–Kier alpha value is -1.23. The van der Waals surface area contributed by atoms with Gasteiger partial charge in [-0.25, -0.2) is 8.60 Å². The number of amides is 1. The zero-order valence-electron chi connectivity index (χ0n) is 8.12. The molecule has 1 amide bonds. The van der Waals surface area contributed by atoms with E-state index in [9.17, 15) is 13.4 Å². The maximum atomic E-state index is 13.5. The summed E-state index contributed by atoms with van der Waals surface area (Å²) in [4.78, 5) is 11.0. The van der Waals surface area contributed by atoms with Gasteiger partial charge in [-0.05, 0) is 18.6 Å². The van der Waals surface area contributed by atoms with Crippen LogP contribution in [0.15, 0.2) is 18.2 Å². The third kappa shape index (κ3) is 1.92. The van der Waals surface area contributed by atoms with Gasteiger partial charge in [0.25, 0.3) is 0 Å². The molecule has 1 N–H and O–H groups in total. The number of carbonyl (C=O) groups excluding carboxylic acids is 1. The zero-order valence-corrected chi connectivity index (χ0v) is 8.94. The lowest BCUT2D eigenvalue weighted by Crippen LogP contribution is -2.15. The quantitative estimate of drug-likeness (QED) is 0.787. The van der Waals surface area contributed by atoms with Crippen LogP contribution in [0, 0.1) is 12.7 Å². The number of benzene rings is 1. The second-order valence-corrected chi connectivity index (χ2v) is 4.91. The van der Waals surface area contributed by atoms with Crippen molar-refractivity contribution in [2.75, 3.05) is 0 Å². The van der Waals surface area contributed by atoms with E-state index in [1.54, 1.807) is 19.1 Å². The molecule has 1 aromatic carbocycles. The minimum Gasteiger partial charge on any atom is -0.275 e. The second kappa shape index (κ2) is 3.73. The van der Waals surface area contributed by atoms with Crippen molar-refractivity contribution in [3.8, 4) is 0 Å². The van der Waals surface area contributed by atoms with Crippen LogP contribution in [0.2, 0.25) is 0 Å². The van der Waals surface area contributed by atoms with Gasteiger partial charge < -0.3 is 0 Å². The Morgan fingerprint density at radius 1 is 1.53 bits per heavy atom. The van der Waals surface area contributed by atoms with E-state index in [-0.39, 0.29) is 12.3 Å². The van der Waals surface area contributed by atoms with Gasteiger partial charge in [0.15, 0.2) is 0 Å². The summed E-state index contributed by atoms with van der Waals surface area (Å²) in [7, 11) is -1.50. The average molecular weight is 227 g/mol. The van der Waals surface area contributed by atoms with Crippen molar-refractivity contribution in [3.05, 3.63) is 35.1 Å². The number of nitrogens with one attached hydrogen (secondary N) is 1. The molecule has 1 saturated heterocycles. The van der Waals surface area contributed by atoms with E-state index in [1.807, 2.05) is 0 Å². The van der Waals surface area contributed by atoms with Crippen molar-refractivity contribution in [3.63, 3.8) is 0 Å². The van der Waals surface area contributed by atoms with Gasteiger partial charge >= 0.3 is 0 Å². The standard InChI is InChI=1S/C10H10FNO2S/c1-6-2-3-7(8(11)4-6)9-5-10(13)12-15(9)14/h2-4,9H,5H2,1H3,(H,12,13). The van der Waals surface area contributed by atoms with E-state index in [2.05, 4.69) is 4.72 Å². The summed E-state index contributed by atoms with van der Waals surface area (Å²) in [6, 6.07) is 4.72. The fraction of sp³-hybridized carbons (Fsp3) is 0.300. The molecule has 2 rings (SSSR count). The topological polar surface area (TPSA) is 46.2 Å². The van der Waals surface area contributed by atoms with Gasteiger partial charge in [-0.15, -0.1) is 0 Å². The molecule has 80 valence electrons. The molecule has 2 atom stereocenters. The van der Waals surface area contributed by atoms with E-state index in [0.29, 0.717) is 5.56 Å². The van der Waals surface area contributed by atoms with E-state index in [1.165, 1.54) is 6.07 Å². The Balaban J connectivity index is 2.38. The fourth-order valence-electron chi connectivity index (χ4n) is 1.59. The summed E-state index contributed by atoms with van der Waals surface area (Å²) in [5.74, 6) is -0.692. The van der Waals surface area contributed by atoms with Gasteiger partial charge in [0, 0.05) is 12.0 Å². The SMILES string of the molecule is Cc1ccc(C2CC(=O)NS2=O)c(F)c1. The van der Waals surface area contributed by atoms with Crippen molar-refractivity contribution in [1.29, 1.82) is 0 Å². The molecule has 1 heterocycles. The zero-order chi connectivity index (χ0) is 11.0. The van der Waals surface area contributed by atoms with Crippen molar-refractivity contribution < 1.29 is 13.4 Å². The first-order chi connectivity index (χ1) is 7.08. The first-order valence-electron chi connectivity index (χ1n) is 4.54. The molecule has 0 radical (unpaired) electrons. The maximum Gasteiger partial charge on any atom is 0.233 e. The summed E-state index contributed by atoms with van der Waals surface area (Å²) in [5, 5.41) is -0.557. The van der Waals surface area contributed by atoms with Crippen LogP contribution >= 0.6 is 0 Å². The summed E-state index contributed by atoms with van der Waals surface area (Å²) in [6.07, 6.45) is 0.0899. The van der Waals surface area contributed by atoms with Crippen LogP contribution < -0.4 is 4.72 Å². The Morgan fingerprint density at radius 2 is 2.27 bits per heavy atom. The molecule has 0 aromatic heterocycles. The number of rotatable bonds is 1. The molecular weight excluding hydrogens is 217 g/mol. The van der Waals surface area contributed by atoms with Crippen LogP contribution in [-0.2, 0) is 15.8 Å². The summed E-state index contributed by atoms with van der Waals surface area (Å²) in [6.45, 7) is 1.78. The molecule has 0 saturated carbocycles. The highest BCUT2D eigenvalue weighted by molar-refractivity contribution is 7.84. The normalized spacial score (nSPS) is 25.3. The highest BCUT2D eigenvalue weighted by atomic mass is 32.2. The maximum absolute atomic E-state index is 13.5. The molecule has 0 aliphatic carbocycles. The molecule has 1 aliphatic rings. The number of halogens is 1. The monoisotopic (exact) mass is 227 g/mol. The van der Waals surface area contributed by atoms with E-state index >= 15 is 0 Å². The van der Waals surface area contributed by atoms with Crippen LogP contribution in [0.1, 0.15) is 22.8 Å². The predicted molar refractivity (Wildman–Crippen MR) is 54.8 cm³/mol. The lowest BCUT2D eigenvalue weighted by Gasteiger charge is -2.08. The molecule has 15 heavy (non-hydrogen) atoms. The number of aryl methyl sites for hydroxylation is 1. The van der Waals surface area contributed by atoms with Gasteiger partial charge in [0.2, 0.25) is 5.91 Å². The molecule has 1 fully saturated rings. The molecule has 5 heteroatoms. The third-order valence-electron chi connectivity index (χ3n) is 2.35. The fourth-order valence-corrected chi connectivity index (χ4v) is 2.76. The molecule has 2 unspecified atom stereocenters. The largest absolute Gasteiger partial charge is 0.275 e. The highest BCUT2D eigenvalue weighted by Gasteiger charge is 2.32. The van der Waals surface area contributed by atoms with Crippen molar-refractivity contribution in [1.82, 2.24) is 4.72 Å². The van der Waals surface area contributed by atoms with E-state index in [4.69, 9.17) is 0 Å². The number of hydrogen-bond donors (Lipinski definition) is 1. The summed E-state index contributed by atoms with van der Waals surface area (Å²) < 4.78 is 27.2. The molecule has 1 aromatic rings. The van der Waals surface area contributed by atoms with Gasteiger partial charge in [0.05, 0.1) is 5.25 Å². The summed E-state index contributed by atoms with van der Waals surface area (Å²) >= 11 is 0. The second-order valence-electron chi connectivity index (χ2n) is 3.54. The van der Waals surface area contributed by atoms with Crippen LogP contribution in [0.5, 0.6) is 0 Å². The van der Waals surface area contributed by atoms with Gasteiger partial charge in [-0.2, -0.15) is 0 Å². The van der Waals surface area contributed by atoms with E-state index < -0.39 is 22.1 Å². The van der Waals surface area contributed by atoms with Crippen LogP contribution in [-0.4, -0.2) is 10.1 Å². The predicted octanol–water partition coefficient (Wildman–Crippen LogP) is 1.36. The molecule has 3 nitrogen and oxygen atoms in total. The van der Waals surface area contributed by atoms with Gasteiger partial charge in [0.1, 0.15) is 16.8 Å². The van der Waals surface area contributed by atoms with Crippen molar-refractivity contribution in [2.24, 2.45) is 0 Å². The van der Waals surface area contributed by atoms with Crippen LogP contribution in [0.3, 0.4) is 0 Å². The first-order valence-corrected chi connectivity index (χ1v) is 5.75. The Bertz CT molecular complexity index is 447. The summed E-state index contributed by atoms with van der Waals surface area (Å²) in [5.41, 5.74) is 1.15. The lowest BCUT2D eigenvalue weighted by molar-refractivity contribution is -0.118. The highest BCUT2D eigenvalue weighted by Crippen LogP contribution is 2.29. The Kier molecular flexibility index (Phi) is 2.56.